The lowest BCUT2D eigenvalue weighted by atomic mass is 9.95. The molecule has 1 atom stereocenters. The highest BCUT2D eigenvalue weighted by Gasteiger charge is 2.43. The predicted molar refractivity (Wildman–Crippen MR) is 205 cm³/mol. The quantitative estimate of drug-likeness (QED) is 0.0285. The highest BCUT2D eigenvalue weighted by molar-refractivity contribution is 5.90. The van der Waals surface area contributed by atoms with Crippen molar-refractivity contribution in [2.45, 2.75) is 173 Å². The first-order valence-corrected chi connectivity index (χ1v) is 19.9. The fourth-order valence-electron chi connectivity index (χ4n) is 5.04. The van der Waals surface area contributed by atoms with Crippen LogP contribution in [0.25, 0.3) is 0 Å². The van der Waals surface area contributed by atoms with Crippen molar-refractivity contribution in [3.8, 4) is 0 Å². The Bertz CT molecular complexity index is 1090. The largest absolute Gasteiger partial charge is 0.481 e. The number of aliphatic carboxylic acids is 3. The zero-order valence-electron chi connectivity index (χ0n) is 34.4. The van der Waals surface area contributed by atoms with E-state index in [2.05, 4.69) is 21.1 Å². The molecule has 0 aromatic carbocycles. The lowest BCUT2D eigenvalue weighted by Gasteiger charge is -2.23. The number of carboxylic acids is 3. The highest BCUT2D eigenvalue weighted by atomic mass is 16.6. The maximum absolute atomic E-state index is 11.7. The van der Waals surface area contributed by atoms with Crippen molar-refractivity contribution in [2.24, 2.45) is 0 Å². The van der Waals surface area contributed by atoms with E-state index in [9.17, 15) is 38.7 Å². The summed E-state index contributed by atoms with van der Waals surface area (Å²) in [5, 5.41) is 61.6. The zero-order chi connectivity index (χ0) is 44.1. The third kappa shape index (κ3) is 35.1. The third-order valence-electron chi connectivity index (χ3n) is 8.06. The Morgan fingerprint density at radius 2 is 0.860 bits per heavy atom. The van der Waals surface area contributed by atoms with Gasteiger partial charge in [0.25, 0.3) is 0 Å². The van der Waals surface area contributed by atoms with Gasteiger partial charge in [0.05, 0.1) is 52.1 Å². The van der Waals surface area contributed by atoms with Crippen LogP contribution >= 0.6 is 0 Å². The van der Waals surface area contributed by atoms with Crippen molar-refractivity contribution < 1.29 is 88.3 Å². The summed E-state index contributed by atoms with van der Waals surface area (Å²) in [5.41, 5.74) is -4.99. The van der Waals surface area contributed by atoms with Gasteiger partial charge >= 0.3 is 41.8 Å². The molecular weight excluding hydrogens is 756 g/mol. The van der Waals surface area contributed by atoms with Crippen LogP contribution in [-0.4, -0.2) is 128 Å². The highest BCUT2D eigenvalue weighted by Crippen LogP contribution is 2.20. The molecule has 0 saturated heterocycles. The molecule has 0 aliphatic carbocycles. The van der Waals surface area contributed by atoms with Crippen LogP contribution in [0.15, 0.2) is 0 Å². The van der Waals surface area contributed by atoms with Crippen molar-refractivity contribution in [3.05, 3.63) is 0 Å². The molecule has 0 saturated carbocycles. The smallest absolute Gasteiger partial charge is 0.339 e. The molecule has 18 heteroatoms. The molecule has 0 amide bonds. The van der Waals surface area contributed by atoms with E-state index in [1.165, 1.54) is 83.5 Å². The number of ether oxygens (including phenoxy) is 4. The molecule has 0 aromatic rings. The molecule has 57 heavy (non-hydrogen) atoms. The number of unbranched alkanes of at least 4 members (excludes halogenated alkanes) is 14. The van der Waals surface area contributed by atoms with Gasteiger partial charge in [-0.15, -0.1) is 0 Å². The lowest BCUT2D eigenvalue weighted by Crippen LogP contribution is -2.44. The normalized spacial score (nSPS) is 11.4. The molecule has 0 aromatic heterocycles. The first-order valence-electron chi connectivity index (χ1n) is 19.9. The second-order valence-corrected chi connectivity index (χ2v) is 13.4. The maximum Gasteiger partial charge on any atom is 0.339 e. The topological polar surface area (TPSA) is 298 Å². The number of esters is 4. The fraction of sp³-hybridized carbons (Fsp3) is 0.821. The summed E-state index contributed by atoms with van der Waals surface area (Å²) >= 11 is 0. The molecule has 0 rings (SSSR count). The van der Waals surface area contributed by atoms with Crippen LogP contribution in [0.5, 0.6) is 0 Å². The van der Waals surface area contributed by atoms with Crippen molar-refractivity contribution in [1.29, 1.82) is 0 Å². The summed E-state index contributed by atoms with van der Waals surface area (Å²) in [6.07, 6.45) is 15.4. The van der Waals surface area contributed by atoms with Crippen molar-refractivity contribution in [2.75, 3.05) is 33.0 Å². The minimum absolute atomic E-state index is 0.0206. The zero-order valence-corrected chi connectivity index (χ0v) is 34.4. The Labute approximate surface area is 336 Å². The number of hydrogen-bond donors (Lipinski definition) is 7. The Hall–Kier alpha value is -3.87. The van der Waals surface area contributed by atoms with Crippen LogP contribution in [0.4, 0.5) is 0 Å². The summed E-state index contributed by atoms with van der Waals surface area (Å²) in [5.74, 6) is -7.92. The molecule has 0 aliphatic heterocycles. The van der Waals surface area contributed by atoms with Crippen LogP contribution in [-0.2, 0) is 52.5 Å². The predicted octanol–water partition coefficient (Wildman–Crippen LogP) is 4.08. The van der Waals surface area contributed by atoms with Gasteiger partial charge in [0.2, 0.25) is 0 Å². The molecular formula is C39H70O18. The van der Waals surface area contributed by atoms with Gasteiger partial charge in [0.15, 0.2) is 11.2 Å². The van der Waals surface area contributed by atoms with Gasteiger partial charge in [-0.2, -0.15) is 0 Å². The number of carbonyl (C=O) groups is 7. The van der Waals surface area contributed by atoms with E-state index in [-0.39, 0.29) is 39.0 Å². The first kappa shape index (κ1) is 57.5. The summed E-state index contributed by atoms with van der Waals surface area (Å²) in [7, 11) is 0. The van der Waals surface area contributed by atoms with Gasteiger partial charge in [-0.3, -0.25) is 24.0 Å². The third-order valence-corrected chi connectivity index (χ3v) is 8.06. The van der Waals surface area contributed by atoms with E-state index < -0.39 is 78.8 Å². The van der Waals surface area contributed by atoms with E-state index in [1.54, 1.807) is 20.8 Å². The summed E-state index contributed by atoms with van der Waals surface area (Å²) < 4.78 is 18.8. The van der Waals surface area contributed by atoms with Gasteiger partial charge < -0.3 is 54.7 Å². The van der Waals surface area contributed by atoms with E-state index in [0.717, 1.165) is 12.8 Å². The Morgan fingerprint density at radius 1 is 0.491 bits per heavy atom. The number of rotatable bonds is 32. The fourth-order valence-corrected chi connectivity index (χ4v) is 5.04. The average molecular weight is 827 g/mol. The van der Waals surface area contributed by atoms with E-state index in [4.69, 9.17) is 35.4 Å². The van der Waals surface area contributed by atoms with Crippen LogP contribution in [0.3, 0.4) is 0 Å². The molecule has 0 radical (unpaired) electrons. The van der Waals surface area contributed by atoms with E-state index >= 15 is 0 Å². The minimum Gasteiger partial charge on any atom is -0.481 e. The molecule has 0 bridgehead atoms. The number of hydrogen-bond acceptors (Lipinski definition) is 15. The second kappa shape index (κ2) is 36.5. The first-order chi connectivity index (χ1) is 26.9. The van der Waals surface area contributed by atoms with E-state index in [0.29, 0.717) is 6.42 Å². The molecule has 0 spiro atoms. The molecule has 334 valence electrons. The summed E-state index contributed by atoms with van der Waals surface area (Å²) in [4.78, 5) is 76.3. The molecule has 18 nitrogen and oxygen atoms in total. The number of carbonyl (C=O) groups excluding carboxylic acids is 4. The van der Waals surface area contributed by atoms with Crippen LogP contribution in [0.1, 0.15) is 156 Å². The number of aliphatic hydroxyl groups is 4. The van der Waals surface area contributed by atoms with Gasteiger partial charge in [-0.05, 0) is 27.2 Å². The van der Waals surface area contributed by atoms with Crippen molar-refractivity contribution >= 4 is 41.8 Å². The number of carboxylic acid groups (broad SMARTS) is 3. The van der Waals surface area contributed by atoms with Crippen LogP contribution in [0.2, 0.25) is 0 Å². The number of aliphatic hydroxyl groups excluding tert-OH is 2. The van der Waals surface area contributed by atoms with Crippen molar-refractivity contribution in [3.63, 3.8) is 0 Å². The van der Waals surface area contributed by atoms with Crippen LogP contribution < -0.4 is 0 Å². The van der Waals surface area contributed by atoms with Crippen molar-refractivity contribution in [1.82, 2.24) is 0 Å². The molecule has 0 fully saturated rings. The van der Waals surface area contributed by atoms with Gasteiger partial charge in [0.1, 0.15) is 12.7 Å². The van der Waals surface area contributed by atoms with Gasteiger partial charge in [-0.25, -0.2) is 9.59 Å². The van der Waals surface area contributed by atoms with Crippen LogP contribution in [0, 0.1) is 0 Å². The summed E-state index contributed by atoms with van der Waals surface area (Å²) in [6, 6.07) is 0. The summed E-state index contributed by atoms with van der Waals surface area (Å²) in [6.45, 7) is 6.76. The van der Waals surface area contributed by atoms with Gasteiger partial charge in [0, 0.05) is 6.42 Å². The lowest BCUT2D eigenvalue weighted by molar-refractivity contribution is -0.177. The molecule has 0 heterocycles. The molecule has 1 unspecified atom stereocenters. The Kier molecular flexibility index (Phi) is 36.8. The molecule has 7 N–H and O–H groups in total. The average Bonchev–Trinajstić information content (AvgIpc) is 3.12. The Balaban J connectivity index is -0.000000808. The molecule has 0 aliphatic rings. The standard InChI is InChI=1S/C21H42O4.C12H20O7.C6H8O7/c1-2-3-4-5-6-7-8-9-10-11-12-13-14-15-16-17-21(24)25-19-20(23)18-22;1-4-17-9(13)7-12(16,11(15)19-6-3)8-10(14)18-5-2;7-3(8)1-6(13,5(11)12)2-4(9)10/h20,22-23H,2-19H2,1H3;16H,4-8H2,1-3H3;13H,1-2H2,(H,7,8)(H,9,10)(H,11,12). The SMILES string of the molecule is CCCCCCCCCCCCCCCCCC(=O)OCC(O)CO.CCOC(=O)CC(O)(CC(=O)OCC)C(=O)OCC.O=C(O)CC(O)(CC(=O)O)C(=O)O. The second-order valence-electron chi connectivity index (χ2n) is 13.4. The minimum atomic E-state index is -2.74. The Morgan fingerprint density at radius 3 is 1.18 bits per heavy atom. The van der Waals surface area contributed by atoms with Gasteiger partial charge in [-0.1, -0.05) is 96.8 Å². The van der Waals surface area contributed by atoms with E-state index in [1.807, 2.05) is 0 Å². The maximum atomic E-state index is 11.7. The monoisotopic (exact) mass is 826 g/mol.